The second-order valence-electron chi connectivity index (χ2n) is 7.24. The second kappa shape index (κ2) is 5.73. The molecule has 2 aromatic rings. The van der Waals surface area contributed by atoms with E-state index in [0.29, 0.717) is 12.0 Å². The molecule has 1 unspecified atom stereocenters. The first-order valence-corrected chi connectivity index (χ1v) is 9.93. The number of carbonyl (C=O) groups excluding carboxylic acids is 1. The normalized spacial score (nSPS) is 23.8. The second-order valence-corrected chi connectivity index (χ2v) is 8.41. The van der Waals surface area contributed by atoms with Gasteiger partial charge >= 0.3 is 0 Å². The van der Waals surface area contributed by atoms with E-state index in [2.05, 4.69) is 20.8 Å². The summed E-state index contributed by atoms with van der Waals surface area (Å²) >= 11 is 1.65. The van der Waals surface area contributed by atoms with Crippen molar-refractivity contribution in [2.75, 3.05) is 0 Å². The van der Waals surface area contributed by atoms with Crippen LogP contribution in [0.25, 0.3) is 0 Å². The van der Waals surface area contributed by atoms with E-state index in [-0.39, 0.29) is 11.0 Å². The molecule has 2 fully saturated rings. The zero-order valence-corrected chi connectivity index (χ0v) is 14.5. The molecule has 2 saturated carbocycles. The molecule has 1 aromatic heterocycles. The van der Waals surface area contributed by atoms with Crippen LogP contribution in [0, 0.1) is 0 Å². The molecule has 5 rings (SSSR count). The van der Waals surface area contributed by atoms with Crippen LogP contribution in [0.4, 0.5) is 0 Å². The minimum atomic E-state index is -0.0256. The van der Waals surface area contributed by atoms with Gasteiger partial charge in [-0.15, -0.1) is 10.2 Å². The summed E-state index contributed by atoms with van der Waals surface area (Å²) in [5.74, 6) is 2.05. The number of benzene rings is 1. The molecule has 0 N–H and O–H groups in total. The fourth-order valence-electron chi connectivity index (χ4n) is 3.67. The first-order valence-electron chi connectivity index (χ1n) is 9.05. The quantitative estimate of drug-likeness (QED) is 0.784. The summed E-state index contributed by atoms with van der Waals surface area (Å²) < 4.78 is 2.35. The van der Waals surface area contributed by atoms with E-state index in [1.54, 1.807) is 11.8 Å². The van der Waals surface area contributed by atoms with E-state index in [0.717, 1.165) is 30.0 Å². The maximum Gasteiger partial charge on any atom is 0.192 e. The maximum absolute atomic E-state index is 13.0. The third-order valence-electron chi connectivity index (χ3n) is 5.28. The van der Waals surface area contributed by atoms with Crippen LogP contribution in [0.15, 0.2) is 29.4 Å². The molecule has 5 heteroatoms. The fourth-order valence-corrected chi connectivity index (χ4v) is 4.88. The average Bonchev–Trinajstić information content (AvgIpc) is 3.51. The molecule has 124 valence electrons. The van der Waals surface area contributed by atoms with Gasteiger partial charge in [-0.2, -0.15) is 0 Å². The summed E-state index contributed by atoms with van der Waals surface area (Å²) in [6.07, 6.45) is 7.93. The van der Waals surface area contributed by atoms with Gasteiger partial charge < -0.3 is 4.57 Å². The molecule has 1 heterocycles. The number of nitrogens with zero attached hydrogens (tertiary/aromatic N) is 3. The van der Waals surface area contributed by atoms with Crippen LogP contribution in [0.2, 0.25) is 0 Å². The van der Waals surface area contributed by atoms with Gasteiger partial charge in [0.1, 0.15) is 5.82 Å². The largest absolute Gasteiger partial charge is 0.303 e. The molecule has 4 nitrogen and oxygen atoms in total. The predicted octanol–water partition coefficient (Wildman–Crippen LogP) is 4.17. The zero-order chi connectivity index (χ0) is 16.1. The summed E-state index contributed by atoms with van der Waals surface area (Å²) in [6.45, 7) is 0. The number of fused-ring (bicyclic) bond motifs is 1. The van der Waals surface area contributed by atoms with Gasteiger partial charge in [0.05, 0.1) is 5.25 Å². The van der Waals surface area contributed by atoms with Crippen LogP contribution in [0.3, 0.4) is 0 Å². The smallest absolute Gasteiger partial charge is 0.192 e. The van der Waals surface area contributed by atoms with Crippen molar-refractivity contribution in [3.8, 4) is 0 Å². The number of rotatable bonds is 4. The molecular formula is C19H21N3OS. The Labute approximate surface area is 146 Å². The molecule has 3 aliphatic carbocycles. The highest BCUT2D eigenvalue weighted by Gasteiger charge is 2.37. The van der Waals surface area contributed by atoms with Crippen LogP contribution >= 0.6 is 11.8 Å². The standard InChI is InChI=1S/C19H21N3OS/c23-17-15-6-2-1-4-12(15)5-3-7-16(17)24-19-21-20-18(13-8-9-13)22(19)14-10-11-14/h1-2,4,6,13-14,16H,3,5,7-11H2. The minimum Gasteiger partial charge on any atom is -0.303 e. The van der Waals surface area contributed by atoms with E-state index in [4.69, 9.17) is 0 Å². The number of Topliss-reactive ketones (excluding diaryl/α,β-unsaturated/α-hetero) is 1. The molecule has 0 amide bonds. The summed E-state index contributed by atoms with van der Waals surface area (Å²) in [5, 5.41) is 9.90. The Hall–Kier alpha value is -1.62. The monoisotopic (exact) mass is 339 g/mol. The Morgan fingerprint density at radius 1 is 1.04 bits per heavy atom. The fraction of sp³-hybridized carbons (Fsp3) is 0.526. The molecule has 0 bridgehead atoms. The van der Waals surface area contributed by atoms with Crippen molar-refractivity contribution in [3.05, 3.63) is 41.2 Å². The number of hydrogen-bond donors (Lipinski definition) is 0. The molecule has 0 radical (unpaired) electrons. The number of hydrogen-bond acceptors (Lipinski definition) is 4. The highest BCUT2D eigenvalue weighted by molar-refractivity contribution is 8.00. The van der Waals surface area contributed by atoms with Crippen LogP contribution in [-0.4, -0.2) is 25.8 Å². The Balaban J connectivity index is 1.45. The third-order valence-corrected chi connectivity index (χ3v) is 6.50. The van der Waals surface area contributed by atoms with E-state index in [1.807, 2.05) is 18.2 Å². The average molecular weight is 339 g/mol. The predicted molar refractivity (Wildman–Crippen MR) is 93.6 cm³/mol. The zero-order valence-electron chi connectivity index (χ0n) is 13.6. The van der Waals surface area contributed by atoms with Crippen molar-refractivity contribution < 1.29 is 4.79 Å². The molecule has 0 aliphatic heterocycles. The van der Waals surface area contributed by atoms with Gasteiger partial charge in [-0.1, -0.05) is 36.0 Å². The lowest BCUT2D eigenvalue weighted by atomic mass is 10.0. The van der Waals surface area contributed by atoms with Gasteiger partial charge in [-0.25, -0.2) is 0 Å². The highest BCUT2D eigenvalue weighted by atomic mass is 32.2. The molecular weight excluding hydrogens is 318 g/mol. The van der Waals surface area contributed by atoms with Crippen LogP contribution < -0.4 is 0 Å². The summed E-state index contributed by atoms with van der Waals surface area (Å²) in [6, 6.07) is 8.66. The molecule has 1 atom stereocenters. The van der Waals surface area contributed by atoms with E-state index < -0.39 is 0 Å². The Kier molecular flexibility index (Phi) is 3.51. The van der Waals surface area contributed by atoms with Crippen molar-refractivity contribution in [3.63, 3.8) is 0 Å². The van der Waals surface area contributed by atoms with E-state index in [9.17, 15) is 4.79 Å². The lowest BCUT2D eigenvalue weighted by Crippen LogP contribution is -2.17. The van der Waals surface area contributed by atoms with E-state index in [1.165, 1.54) is 37.1 Å². The number of aromatic nitrogens is 3. The number of ketones is 1. The van der Waals surface area contributed by atoms with Crippen molar-refractivity contribution >= 4 is 17.5 Å². The van der Waals surface area contributed by atoms with Gasteiger partial charge in [0.25, 0.3) is 0 Å². The number of thioether (sulfide) groups is 1. The van der Waals surface area contributed by atoms with Crippen molar-refractivity contribution in [1.29, 1.82) is 0 Å². The van der Waals surface area contributed by atoms with Gasteiger partial charge in [0, 0.05) is 17.5 Å². The lowest BCUT2D eigenvalue weighted by Gasteiger charge is -2.14. The number of aryl methyl sites for hydroxylation is 1. The molecule has 3 aliphatic rings. The topological polar surface area (TPSA) is 47.8 Å². The van der Waals surface area contributed by atoms with Crippen LogP contribution in [0.1, 0.15) is 72.2 Å². The number of carbonyl (C=O) groups is 1. The van der Waals surface area contributed by atoms with Gasteiger partial charge in [0.15, 0.2) is 10.9 Å². The highest BCUT2D eigenvalue weighted by Crippen LogP contribution is 2.46. The molecule has 0 spiro atoms. The third kappa shape index (κ3) is 2.59. The van der Waals surface area contributed by atoms with Crippen LogP contribution in [0.5, 0.6) is 0 Å². The molecule has 24 heavy (non-hydrogen) atoms. The lowest BCUT2D eigenvalue weighted by molar-refractivity contribution is 0.0988. The summed E-state index contributed by atoms with van der Waals surface area (Å²) in [4.78, 5) is 13.0. The first kappa shape index (κ1) is 14.7. The summed E-state index contributed by atoms with van der Waals surface area (Å²) in [5.41, 5.74) is 2.11. The van der Waals surface area contributed by atoms with Gasteiger partial charge in [-0.05, 0) is 50.5 Å². The molecule has 0 saturated heterocycles. The van der Waals surface area contributed by atoms with Gasteiger partial charge in [0.2, 0.25) is 0 Å². The Morgan fingerprint density at radius 3 is 2.67 bits per heavy atom. The van der Waals surface area contributed by atoms with Gasteiger partial charge in [-0.3, -0.25) is 4.79 Å². The van der Waals surface area contributed by atoms with Crippen molar-refractivity contribution in [1.82, 2.24) is 14.8 Å². The first-order chi connectivity index (χ1) is 11.8. The van der Waals surface area contributed by atoms with E-state index >= 15 is 0 Å². The van der Waals surface area contributed by atoms with Crippen LogP contribution in [-0.2, 0) is 6.42 Å². The SMILES string of the molecule is O=C1c2ccccc2CCCC1Sc1nnc(C2CC2)n1C1CC1. The Morgan fingerprint density at radius 2 is 1.88 bits per heavy atom. The summed E-state index contributed by atoms with van der Waals surface area (Å²) in [7, 11) is 0. The molecule has 1 aromatic carbocycles. The van der Waals surface area contributed by atoms with Crippen molar-refractivity contribution in [2.24, 2.45) is 0 Å². The minimum absolute atomic E-state index is 0.0256. The van der Waals surface area contributed by atoms with Crippen molar-refractivity contribution in [2.45, 2.75) is 67.3 Å². The Bertz CT molecular complexity index is 792. The maximum atomic E-state index is 13.0.